The number of hydrogen-bond donors (Lipinski definition) is 2. The molecule has 29 heavy (non-hydrogen) atoms. The van der Waals surface area contributed by atoms with Crippen molar-refractivity contribution in [3.8, 4) is 5.88 Å². The maximum absolute atomic E-state index is 11.0. The van der Waals surface area contributed by atoms with Crippen LogP contribution in [-0.4, -0.2) is 51.8 Å². The number of thiazole rings is 1. The molecule has 0 unspecified atom stereocenters. The van der Waals surface area contributed by atoms with Gasteiger partial charge in [0, 0.05) is 12.0 Å². The molecule has 0 saturated carbocycles. The summed E-state index contributed by atoms with van der Waals surface area (Å²) < 4.78 is 13.4. The smallest absolute Gasteiger partial charge is 0.235 e. The number of nitrogens with zero attached hydrogens (tertiary/aromatic N) is 3. The van der Waals surface area contributed by atoms with Crippen LogP contribution in [0.1, 0.15) is 47.6 Å². The van der Waals surface area contributed by atoms with Crippen molar-refractivity contribution >= 4 is 16.3 Å². The summed E-state index contributed by atoms with van der Waals surface area (Å²) in [6.07, 6.45) is 2.49. The van der Waals surface area contributed by atoms with Crippen LogP contribution < -0.4 is 4.90 Å². The molecule has 2 saturated heterocycles. The van der Waals surface area contributed by atoms with Crippen LogP contribution in [0.15, 0.2) is 24.3 Å². The van der Waals surface area contributed by atoms with Gasteiger partial charge in [-0.2, -0.15) is 4.52 Å². The number of ether oxygens (including phenoxy) is 2. The van der Waals surface area contributed by atoms with E-state index >= 15 is 0 Å². The van der Waals surface area contributed by atoms with Crippen molar-refractivity contribution in [2.45, 2.75) is 44.9 Å². The third-order valence-electron chi connectivity index (χ3n) is 6.07. The average Bonchev–Trinajstić information content (AvgIpc) is 3.42. The fourth-order valence-corrected chi connectivity index (χ4v) is 5.74. The Morgan fingerprint density at radius 3 is 2.69 bits per heavy atom. The third-order valence-corrected chi connectivity index (χ3v) is 7.16. The number of hydrogen-bond acceptors (Lipinski definition) is 6. The maximum Gasteiger partial charge on any atom is 0.235 e. The zero-order chi connectivity index (χ0) is 20.0. The molecule has 0 radical (unpaired) electrons. The predicted molar refractivity (Wildman–Crippen MR) is 109 cm³/mol. The highest BCUT2D eigenvalue weighted by Crippen LogP contribution is 2.36. The topological polar surface area (TPSA) is 73.3 Å². The van der Waals surface area contributed by atoms with Crippen molar-refractivity contribution in [3.63, 3.8) is 0 Å². The summed E-state index contributed by atoms with van der Waals surface area (Å²) in [5.41, 5.74) is 2.43. The molecule has 8 heteroatoms. The van der Waals surface area contributed by atoms with Crippen LogP contribution in [0.25, 0.3) is 4.96 Å². The van der Waals surface area contributed by atoms with E-state index in [1.807, 2.05) is 6.92 Å². The van der Waals surface area contributed by atoms with Gasteiger partial charge in [-0.3, -0.25) is 0 Å². The Morgan fingerprint density at radius 1 is 1.28 bits per heavy atom. The van der Waals surface area contributed by atoms with Gasteiger partial charge in [0.25, 0.3) is 0 Å². The van der Waals surface area contributed by atoms with E-state index in [1.165, 1.54) is 16.0 Å². The van der Waals surface area contributed by atoms with Crippen molar-refractivity contribution in [2.24, 2.45) is 0 Å². The molecule has 2 fully saturated rings. The molecule has 2 aliphatic heterocycles. The zero-order valence-electron chi connectivity index (χ0n) is 16.9. The minimum absolute atomic E-state index is 0.0345. The van der Waals surface area contributed by atoms with E-state index in [1.54, 1.807) is 15.9 Å². The van der Waals surface area contributed by atoms with Gasteiger partial charge < -0.3 is 19.5 Å². The summed E-state index contributed by atoms with van der Waals surface area (Å²) in [5.74, 6) is 0.572. The van der Waals surface area contributed by atoms with Crippen LogP contribution in [0.3, 0.4) is 0 Å². The van der Waals surface area contributed by atoms with Crippen LogP contribution in [-0.2, 0) is 15.9 Å². The molecule has 3 aromatic rings. The summed E-state index contributed by atoms with van der Waals surface area (Å²) in [6, 6.07) is 8.61. The van der Waals surface area contributed by atoms with Crippen LogP contribution >= 0.6 is 11.3 Å². The summed E-state index contributed by atoms with van der Waals surface area (Å²) in [6.45, 7) is 7.35. The second-order valence-electron chi connectivity index (χ2n) is 7.98. The first-order valence-corrected chi connectivity index (χ1v) is 11.2. The van der Waals surface area contributed by atoms with Gasteiger partial charge in [0.05, 0.1) is 39.1 Å². The molecule has 4 heterocycles. The number of aromatic nitrogens is 3. The first kappa shape index (κ1) is 19.0. The van der Waals surface area contributed by atoms with Gasteiger partial charge in [0.1, 0.15) is 4.88 Å². The van der Waals surface area contributed by atoms with Crippen molar-refractivity contribution in [1.82, 2.24) is 14.6 Å². The minimum atomic E-state index is -0.399. The highest BCUT2D eigenvalue weighted by atomic mass is 32.1. The predicted octanol–water partition coefficient (Wildman–Crippen LogP) is 1.88. The first-order valence-electron chi connectivity index (χ1n) is 10.3. The summed E-state index contributed by atoms with van der Waals surface area (Å²) >= 11 is 1.54. The highest BCUT2D eigenvalue weighted by Gasteiger charge is 2.45. The molecular weight excluding hydrogens is 388 g/mol. The largest absolute Gasteiger partial charge is 0.492 e. The molecule has 7 nitrogen and oxygen atoms in total. The standard InChI is InChI=1S/C21H26N4O3S/c1-3-16-22-20-25(23-16)19(26)18(29-20)17(15-6-4-5-14(2)13-15)24-9-7-21(8-10-24)27-11-12-28-21/h4-6,13,17,26H,3,7-12H2,1-2H3/p+1/t17-/m1/s1. The van der Waals surface area contributed by atoms with Crippen LogP contribution in [0.2, 0.25) is 0 Å². The van der Waals surface area contributed by atoms with Crippen LogP contribution in [0.4, 0.5) is 0 Å². The molecule has 0 bridgehead atoms. The van der Waals surface area contributed by atoms with Gasteiger partial charge in [-0.25, -0.2) is 4.98 Å². The number of fused-ring (bicyclic) bond motifs is 1. The molecule has 1 atom stereocenters. The van der Waals surface area contributed by atoms with Gasteiger partial charge in [-0.15, -0.1) is 5.10 Å². The van der Waals surface area contributed by atoms with Crippen molar-refractivity contribution in [2.75, 3.05) is 26.3 Å². The zero-order valence-corrected chi connectivity index (χ0v) is 17.7. The number of nitrogens with one attached hydrogen (secondary N) is 1. The van der Waals surface area contributed by atoms with Crippen molar-refractivity contribution in [3.05, 3.63) is 46.1 Å². The Bertz CT molecular complexity index is 1010. The Hall–Kier alpha value is -2.00. The lowest BCUT2D eigenvalue weighted by atomic mass is 9.96. The van der Waals surface area contributed by atoms with Crippen molar-refractivity contribution < 1.29 is 19.5 Å². The van der Waals surface area contributed by atoms with Gasteiger partial charge in [-0.05, 0) is 13.0 Å². The SMILES string of the molecule is CCc1nc2sc([C@@H](c3cccc(C)c3)[NH+]3CCC4(CC3)OCCO4)c(O)n2n1. The molecule has 0 aliphatic carbocycles. The van der Waals surface area contributed by atoms with Crippen LogP contribution in [0, 0.1) is 6.92 Å². The number of likely N-dealkylation sites (tertiary alicyclic amines) is 1. The lowest BCUT2D eigenvalue weighted by Gasteiger charge is -2.38. The second kappa shape index (κ2) is 7.36. The summed E-state index contributed by atoms with van der Waals surface area (Å²) in [7, 11) is 0. The monoisotopic (exact) mass is 415 g/mol. The normalized spacial score (nSPS) is 20.6. The number of benzene rings is 1. The molecule has 2 aliphatic rings. The number of rotatable bonds is 4. The molecule has 5 rings (SSSR count). The number of aryl methyl sites for hydroxylation is 2. The Labute approximate surface area is 173 Å². The van der Waals surface area contributed by atoms with Gasteiger partial charge in [0.15, 0.2) is 17.7 Å². The average molecular weight is 416 g/mol. The molecule has 1 aromatic carbocycles. The fraction of sp³-hybridized carbons (Fsp3) is 0.524. The number of piperidine rings is 1. The molecule has 1 spiro atoms. The molecule has 2 aromatic heterocycles. The quantitative estimate of drug-likeness (QED) is 0.681. The van der Waals surface area contributed by atoms with Gasteiger partial charge in [0.2, 0.25) is 10.8 Å². The van der Waals surface area contributed by atoms with Crippen LogP contribution in [0.5, 0.6) is 5.88 Å². The Morgan fingerprint density at radius 2 is 2.03 bits per heavy atom. The molecule has 154 valence electrons. The van der Waals surface area contributed by atoms with Crippen molar-refractivity contribution in [1.29, 1.82) is 0 Å². The molecule has 0 amide bonds. The van der Waals surface area contributed by atoms with E-state index in [4.69, 9.17) is 9.47 Å². The minimum Gasteiger partial charge on any atom is -0.492 e. The van der Waals surface area contributed by atoms with E-state index in [-0.39, 0.29) is 11.9 Å². The summed E-state index contributed by atoms with van der Waals surface area (Å²) in [5, 5.41) is 15.5. The fourth-order valence-electron chi connectivity index (χ4n) is 4.58. The van der Waals surface area contributed by atoms with E-state index in [2.05, 4.69) is 41.3 Å². The van der Waals surface area contributed by atoms with E-state index in [9.17, 15) is 5.11 Å². The summed E-state index contributed by atoms with van der Waals surface area (Å²) in [4.78, 5) is 7.66. The van der Waals surface area contributed by atoms with Gasteiger partial charge in [-0.1, -0.05) is 42.0 Å². The first-order chi connectivity index (χ1) is 14.1. The number of quaternary nitrogens is 1. The third kappa shape index (κ3) is 3.34. The molecule has 2 N–H and O–H groups in total. The second-order valence-corrected chi connectivity index (χ2v) is 8.99. The Balaban J connectivity index is 1.53. The van der Waals surface area contributed by atoms with E-state index < -0.39 is 5.79 Å². The Kier molecular flexibility index (Phi) is 4.82. The lowest BCUT2D eigenvalue weighted by molar-refractivity contribution is -0.933. The number of aromatic hydroxyl groups is 1. The lowest BCUT2D eigenvalue weighted by Crippen LogP contribution is -3.14. The van der Waals surface area contributed by atoms with Gasteiger partial charge >= 0.3 is 0 Å². The van der Waals surface area contributed by atoms with E-state index in [0.29, 0.717) is 13.2 Å². The maximum atomic E-state index is 11.0. The molecular formula is C21H27N4O3S+. The van der Waals surface area contributed by atoms with E-state index in [0.717, 1.165) is 48.0 Å². The highest BCUT2D eigenvalue weighted by molar-refractivity contribution is 7.17.